The highest BCUT2D eigenvalue weighted by Crippen LogP contribution is 2.23. The van der Waals surface area contributed by atoms with Crippen LogP contribution >= 0.6 is 0 Å². The highest BCUT2D eigenvalue weighted by molar-refractivity contribution is 6.41. The van der Waals surface area contributed by atoms with Gasteiger partial charge in [0.2, 0.25) is 0 Å². The SMILES string of the molecule is CC(=O)Cc1ccc(F)cc1.O=C(C(=O)C(F)(F)F)C(F)(F)F. The predicted molar refractivity (Wildman–Crippen MR) is 62.9 cm³/mol. The summed E-state index contributed by atoms with van der Waals surface area (Å²) in [4.78, 5) is 29.8. The molecular formula is C13H9F7O3. The van der Waals surface area contributed by atoms with Crippen LogP contribution in [0.3, 0.4) is 0 Å². The summed E-state index contributed by atoms with van der Waals surface area (Å²) in [7, 11) is 0. The molecule has 128 valence electrons. The minimum Gasteiger partial charge on any atom is -0.300 e. The first-order chi connectivity index (χ1) is 10.2. The zero-order chi connectivity index (χ0) is 18.4. The van der Waals surface area contributed by atoms with E-state index >= 15 is 0 Å². The Morgan fingerprint density at radius 1 is 0.826 bits per heavy atom. The van der Waals surface area contributed by atoms with E-state index in [1.165, 1.54) is 19.1 Å². The maximum absolute atomic E-state index is 12.3. The Balaban J connectivity index is 0.000000422. The number of ketones is 3. The van der Waals surface area contributed by atoms with E-state index in [2.05, 4.69) is 0 Å². The fourth-order valence-electron chi connectivity index (χ4n) is 1.15. The van der Waals surface area contributed by atoms with Gasteiger partial charge in [-0.3, -0.25) is 14.4 Å². The van der Waals surface area contributed by atoms with E-state index in [-0.39, 0.29) is 11.6 Å². The average molecular weight is 346 g/mol. The van der Waals surface area contributed by atoms with E-state index in [1.807, 2.05) is 0 Å². The number of benzene rings is 1. The van der Waals surface area contributed by atoms with Gasteiger partial charge >= 0.3 is 23.9 Å². The summed E-state index contributed by atoms with van der Waals surface area (Å²) >= 11 is 0. The second kappa shape index (κ2) is 7.84. The molecule has 1 aromatic rings. The lowest BCUT2D eigenvalue weighted by atomic mass is 10.1. The van der Waals surface area contributed by atoms with E-state index in [9.17, 15) is 45.1 Å². The maximum atomic E-state index is 12.3. The van der Waals surface area contributed by atoms with Crippen LogP contribution in [-0.4, -0.2) is 29.7 Å². The molecule has 0 saturated carbocycles. The Morgan fingerprint density at radius 3 is 1.43 bits per heavy atom. The van der Waals surface area contributed by atoms with Crippen LogP contribution in [0.4, 0.5) is 30.7 Å². The first kappa shape index (κ1) is 20.7. The molecule has 0 aliphatic carbocycles. The molecule has 0 radical (unpaired) electrons. The molecule has 0 fully saturated rings. The molecule has 0 N–H and O–H groups in total. The largest absolute Gasteiger partial charge is 0.458 e. The summed E-state index contributed by atoms with van der Waals surface area (Å²) in [5.41, 5.74) is 0.860. The van der Waals surface area contributed by atoms with Crippen LogP contribution in [-0.2, 0) is 20.8 Å². The van der Waals surface area contributed by atoms with Gasteiger partial charge < -0.3 is 0 Å². The number of rotatable bonds is 3. The number of Topliss-reactive ketones (excluding diaryl/α,β-unsaturated/α-hetero) is 3. The molecule has 0 spiro atoms. The second-order valence-corrected chi connectivity index (χ2v) is 4.16. The third-order valence-corrected chi connectivity index (χ3v) is 2.09. The van der Waals surface area contributed by atoms with Crippen LogP contribution in [0.25, 0.3) is 0 Å². The Morgan fingerprint density at radius 2 is 1.17 bits per heavy atom. The Bertz CT molecular complexity index is 547. The van der Waals surface area contributed by atoms with Crippen molar-refractivity contribution < 1.29 is 45.1 Å². The summed E-state index contributed by atoms with van der Waals surface area (Å²) in [6.45, 7) is 1.52. The van der Waals surface area contributed by atoms with Gasteiger partial charge in [0.15, 0.2) is 0 Å². The number of halogens is 7. The molecule has 23 heavy (non-hydrogen) atoms. The van der Waals surface area contributed by atoms with E-state index in [0.717, 1.165) is 5.56 Å². The molecule has 0 bridgehead atoms. The van der Waals surface area contributed by atoms with Crippen molar-refractivity contribution in [2.75, 3.05) is 0 Å². The number of carbonyl (C=O) groups excluding carboxylic acids is 3. The molecule has 0 unspecified atom stereocenters. The third-order valence-electron chi connectivity index (χ3n) is 2.09. The smallest absolute Gasteiger partial charge is 0.300 e. The summed E-state index contributed by atoms with van der Waals surface area (Å²) in [6.07, 6.45) is -11.2. The average Bonchev–Trinajstić information content (AvgIpc) is 2.38. The first-order valence-corrected chi connectivity index (χ1v) is 5.71. The van der Waals surface area contributed by atoms with Crippen molar-refractivity contribution in [3.63, 3.8) is 0 Å². The molecular weight excluding hydrogens is 337 g/mol. The van der Waals surface area contributed by atoms with Crippen LogP contribution < -0.4 is 0 Å². The lowest BCUT2D eigenvalue weighted by Crippen LogP contribution is -2.39. The number of carbonyl (C=O) groups is 3. The second-order valence-electron chi connectivity index (χ2n) is 4.16. The van der Waals surface area contributed by atoms with Crippen LogP contribution in [0.15, 0.2) is 24.3 Å². The summed E-state index contributed by atoms with van der Waals surface area (Å²) < 4.78 is 79.3. The molecule has 0 atom stereocenters. The van der Waals surface area contributed by atoms with E-state index in [1.54, 1.807) is 12.1 Å². The zero-order valence-corrected chi connectivity index (χ0v) is 11.4. The lowest BCUT2D eigenvalue weighted by Gasteiger charge is -2.05. The Labute approximate surface area is 125 Å². The van der Waals surface area contributed by atoms with Gasteiger partial charge in [0.25, 0.3) is 0 Å². The minimum absolute atomic E-state index is 0.0941. The Hall–Kier alpha value is -2.26. The molecule has 0 amide bonds. The van der Waals surface area contributed by atoms with Crippen molar-refractivity contribution in [3.05, 3.63) is 35.6 Å². The minimum atomic E-state index is -5.77. The number of hydrogen-bond donors (Lipinski definition) is 0. The highest BCUT2D eigenvalue weighted by Gasteiger charge is 2.54. The first-order valence-electron chi connectivity index (χ1n) is 5.71. The van der Waals surface area contributed by atoms with Crippen molar-refractivity contribution in [2.24, 2.45) is 0 Å². The molecule has 0 aliphatic heterocycles. The molecule has 0 saturated heterocycles. The predicted octanol–water partition coefficient (Wildman–Crippen LogP) is 3.21. The van der Waals surface area contributed by atoms with Gasteiger partial charge in [-0.1, -0.05) is 12.1 Å². The molecule has 10 heteroatoms. The standard InChI is InChI=1S/C9H9FO.C4F6O2/c1-7(11)6-8-2-4-9(10)5-3-8;5-3(6,7)1(11)2(12)4(8,9)10/h2-5H,6H2,1H3;. The fourth-order valence-corrected chi connectivity index (χ4v) is 1.15. The van der Waals surface area contributed by atoms with Crippen LogP contribution in [0.2, 0.25) is 0 Å². The zero-order valence-electron chi connectivity index (χ0n) is 11.4. The third kappa shape index (κ3) is 8.07. The summed E-state index contributed by atoms with van der Waals surface area (Å²) in [6, 6.07) is 5.96. The van der Waals surface area contributed by atoms with Gasteiger partial charge in [0, 0.05) is 6.42 Å². The van der Waals surface area contributed by atoms with Gasteiger partial charge in [0.1, 0.15) is 11.6 Å². The van der Waals surface area contributed by atoms with E-state index in [4.69, 9.17) is 0 Å². The molecule has 0 aliphatic rings. The number of hydrogen-bond acceptors (Lipinski definition) is 3. The van der Waals surface area contributed by atoms with E-state index in [0.29, 0.717) is 6.42 Å². The highest BCUT2D eigenvalue weighted by atomic mass is 19.4. The molecule has 1 rings (SSSR count). The monoisotopic (exact) mass is 346 g/mol. The van der Waals surface area contributed by atoms with Gasteiger partial charge in [-0.15, -0.1) is 0 Å². The van der Waals surface area contributed by atoms with Crippen LogP contribution in [0.5, 0.6) is 0 Å². The van der Waals surface area contributed by atoms with Crippen molar-refractivity contribution in [2.45, 2.75) is 25.7 Å². The number of alkyl halides is 6. The van der Waals surface area contributed by atoms with Gasteiger partial charge in [-0.2, -0.15) is 26.3 Å². The van der Waals surface area contributed by atoms with E-state index < -0.39 is 23.9 Å². The summed E-state index contributed by atoms with van der Waals surface area (Å²) in [5.74, 6) is -6.99. The maximum Gasteiger partial charge on any atom is 0.458 e. The molecule has 0 heterocycles. The van der Waals surface area contributed by atoms with Crippen molar-refractivity contribution in [3.8, 4) is 0 Å². The molecule has 0 aromatic heterocycles. The normalized spacial score (nSPS) is 11.3. The van der Waals surface area contributed by atoms with Crippen molar-refractivity contribution in [1.82, 2.24) is 0 Å². The van der Waals surface area contributed by atoms with Gasteiger partial charge in [-0.25, -0.2) is 4.39 Å². The van der Waals surface area contributed by atoms with Crippen LogP contribution in [0, 0.1) is 5.82 Å². The fraction of sp³-hybridized carbons (Fsp3) is 0.308. The van der Waals surface area contributed by atoms with Gasteiger partial charge in [-0.05, 0) is 24.6 Å². The van der Waals surface area contributed by atoms with Gasteiger partial charge in [0.05, 0.1) is 0 Å². The summed E-state index contributed by atoms with van der Waals surface area (Å²) in [5, 5.41) is 0. The Kier molecular flexibility index (Phi) is 7.07. The lowest BCUT2D eigenvalue weighted by molar-refractivity contribution is -0.193. The van der Waals surface area contributed by atoms with Crippen molar-refractivity contribution in [1.29, 1.82) is 0 Å². The molecule has 1 aromatic carbocycles. The van der Waals surface area contributed by atoms with Crippen LogP contribution in [0.1, 0.15) is 12.5 Å². The topological polar surface area (TPSA) is 51.2 Å². The van der Waals surface area contributed by atoms with Crippen molar-refractivity contribution >= 4 is 17.3 Å². The quantitative estimate of drug-likeness (QED) is 0.624. The molecule has 3 nitrogen and oxygen atoms in total.